The molecule has 4 aromatic rings. The largest absolute Gasteiger partial charge is 0.359 e. The van der Waals surface area contributed by atoms with Crippen LogP contribution in [0.25, 0.3) is 22.0 Å². The summed E-state index contributed by atoms with van der Waals surface area (Å²) in [4.78, 5) is 19.8. The number of anilines is 1. The number of aromatic nitrogens is 3. The minimum Gasteiger partial charge on any atom is -0.359 e. The zero-order valence-corrected chi connectivity index (χ0v) is 12.7. The van der Waals surface area contributed by atoms with Gasteiger partial charge in [0.2, 0.25) is 0 Å². The quantitative estimate of drug-likeness (QED) is 0.593. The number of benzene rings is 1. The maximum atomic E-state index is 12.4. The SMILES string of the molecule is Cc1cc2cc(NC(=O)c3cnc4onc(C)c4c3)ccc2[nH]1. The van der Waals surface area contributed by atoms with Gasteiger partial charge in [0.15, 0.2) is 0 Å². The molecule has 0 aliphatic carbocycles. The number of pyridine rings is 1. The van der Waals surface area contributed by atoms with Gasteiger partial charge in [-0.25, -0.2) is 4.98 Å². The maximum Gasteiger partial charge on any atom is 0.257 e. The summed E-state index contributed by atoms with van der Waals surface area (Å²) in [5, 5.41) is 8.54. The second kappa shape index (κ2) is 4.95. The van der Waals surface area contributed by atoms with E-state index < -0.39 is 0 Å². The number of carbonyl (C=O) groups excluding carboxylic acids is 1. The van der Waals surface area contributed by atoms with E-state index in [-0.39, 0.29) is 5.91 Å². The van der Waals surface area contributed by atoms with Crippen LogP contribution < -0.4 is 5.32 Å². The molecule has 0 saturated heterocycles. The lowest BCUT2D eigenvalue weighted by molar-refractivity contribution is 0.102. The van der Waals surface area contributed by atoms with Crippen LogP contribution in [0.4, 0.5) is 5.69 Å². The molecule has 0 spiro atoms. The van der Waals surface area contributed by atoms with Gasteiger partial charge in [-0.3, -0.25) is 4.79 Å². The second-order valence-electron chi connectivity index (χ2n) is 5.55. The van der Waals surface area contributed by atoms with E-state index in [9.17, 15) is 4.79 Å². The lowest BCUT2D eigenvalue weighted by atomic mass is 10.2. The van der Waals surface area contributed by atoms with Gasteiger partial charge < -0.3 is 14.8 Å². The number of amides is 1. The highest BCUT2D eigenvalue weighted by molar-refractivity contribution is 6.06. The van der Waals surface area contributed by atoms with Crippen molar-refractivity contribution in [1.82, 2.24) is 15.1 Å². The molecule has 114 valence electrons. The molecule has 0 bridgehead atoms. The molecule has 6 heteroatoms. The predicted octanol–water partition coefficient (Wildman–Crippen LogP) is 3.57. The first kappa shape index (κ1) is 13.5. The van der Waals surface area contributed by atoms with E-state index in [1.165, 1.54) is 6.20 Å². The summed E-state index contributed by atoms with van der Waals surface area (Å²) in [6.45, 7) is 3.82. The number of nitrogens with one attached hydrogen (secondary N) is 2. The zero-order valence-electron chi connectivity index (χ0n) is 12.7. The number of nitrogens with zero attached hydrogens (tertiary/aromatic N) is 2. The molecule has 3 aromatic heterocycles. The van der Waals surface area contributed by atoms with Crippen LogP contribution in [0.3, 0.4) is 0 Å². The number of hydrogen-bond donors (Lipinski definition) is 2. The molecule has 0 unspecified atom stereocenters. The monoisotopic (exact) mass is 306 g/mol. The van der Waals surface area contributed by atoms with Gasteiger partial charge >= 0.3 is 0 Å². The van der Waals surface area contributed by atoms with Crippen molar-refractivity contribution in [2.24, 2.45) is 0 Å². The third-order valence-electron chi connectivity index (χ3n) is 3.79. The Morgan fingerprint density at radius 2 is 2.09 bits per heavy atom. The highest BCUT2D eigenvalue weighted by Gasteiger charge is 2.12. The molecule has 0 aliphatic heterocycles. The molecular weight excluding hydrogens is 292 g/mol. The number of fused-ring (bicyclic) bond motifs is 2. The average Bonchev–Trinajstić information content (AvgIpc) is 3.09. The molecular formula is C17H14N4O2. The van der Waals surface area contributed by atoms with Crippen LogP contribution in [0.15, 0.2) is 41.1 Å². The summed E-state index contributed by atoms with van der Waals surface area (Å²) in [7, 11) is 0. The highest BCUT2D eigenvalue weighted by atomic mass is 16.5. The summed E-state index contributed by atoms with van der Waals surface area (Å²) in [5.41, 5.74) is 4.48. The van der Waals surface area contributed by atoms with Gasteiger partial charge in [0.25, 0.3) is 11.6 Å². The van der Waals surface area contributed by atoms with Crippen molar-refractivity contribution in [3.63, 3.8) is 0 Å². The van der Waals surface area contributed by atoms with Crippen LogP contribution in [-0.2, 0) is 0 Å². The summed E-state index contributed by atoms with van der Waals surface area (Å²) in [5.74, 6) is -0.216. The Morgan fingerprint density at radius 1 is 1.22 bits per heavy atom. The topological polar surface area (TPSA) is 83.8 Å². The van der Waals surface area contributed by atoms with Crippen LogP contribution in [0.2, 0.25) is 0 Å². The van der Waals surface area contributed by atoms with Gasteiger partial charge in [0, 0.05) is 28.5 Å². The van der Waals surface area contributed by atoms with Gasteiger partial charge in [-0.1, -0.05) is 5.16 Å². The number of aryl methyl sites for hydroxylation is 2. The Kier molecular flexibility index (Phi) is 2.90. The number of hydrogen-bond acceptors (Lipinski definition) is 4. The van der Waals surface area contributed by atoms with Crippen LogP contribution >= 0.6 is 0 Å². The standard InChI is InChI=1S/C17H14N4O2/c1-9-5-11-6-13(3-4-15(11)19-9)20-16(22)12-7-14-10(2)21-23-17(14)18-8-12/h3-8,19H,1-2H3,(H,20,22). The Bertz CT molecular complexity index is 1050. The fourth-order valence-electron chi connectivity index (χ4n) is 2.63. The van der Waals surface area contributed by atoms with Crippen molar-refractivity contribution in [2.75, 3.05) is 5.32 Å². The van der Waals surface area contributed by atoms with Crippen molar-refractivity contribution in [3.05, 3.63) is 53.5 Å². The third-order valence-corrected chi connectivity index (χ3v) is 3.79. The maximum absolute atomic E-state index is 12.4. The first-order valence-corrected chi connectivity index (χ1v) is 7.23. The number of rotatable bonds is 2. The first-order valence-electron chi connectivity index (χ1n) is 7.23. The summed E-state index contributed by atoms with van der Waals surface area (Å²) < 4.78 is 5.06. The average molecular weight is 306 g/mol. The van der Waals surface area contributed by atoms with E-state index >= 15 is 0 Å². The summed E-state index contributed by atoms with van der Waals surface area (Å²) in [6, 6.07) is 9.53. The minimum atomic E-state index is -0.216. The molecule has 2 N–H and O–H groups in total. The van der Waals surface area contributed by atoms with Gasteiger partial charge in [-0.15, -0.1) is 0 Å². The Morgan fingerprint density at radius 3 is 2.96 bits per heavy atom. The van der Waals surface area contributed by atoms with E-state index in [2.05, 4.69) is 20.4 Å². The van der Waals surface area contributed by atoms with Crippen LogP contribution in [0, 0.1) is 13.8 Å². The molecule has 1 aromatic carbocycles. The van der Waals surface area contributed by atoms with E-state index in [0.29, 0.717) is 17.0 Å². The predicted molar refractivity (Wildman–Crippen MR) is 87.5 cm³/mol. The Balaban J connectivity index is 1.65. The molecule has 0 aliphatic rings. The second-order valence-corrected chi connectivity index (χ2v) is 5.55. The van der Waals surface area contributed by atoms with Gasteiger partial charge in [-0.2, -0.15) is 0 Å². The zero-order chi connectivity index (χ0) is 16.0. The Hall–Kier alpha value is -3.15. The molecule has 0 atom stereocenters. The molecule has 4 rings (SSSR count). The van der Waals surface area contributed by atoms with E-state index in [0.717, 1.165) is 27.7 Å². The van der Waals surface area contributed by atoms with Gasteiger partial charge in [0.1, 0.15) is 0 Å². The molecule has 3 heterocycles. The lowest BCUT2D eigenvalue weighted by Gasteiger charge is -2.05. The van der Waals surface area contributed by atoms with E-state index in [4.69, 9.17) is 4.52 Å². The van der Waals surface area contributed by atoms with Crippen molar-refractivity contribution in [3.8, 4) is 0 Å². The minimum absolute atomic E-state index is 0.216. The molecule has 0 fully saturated rings. The van der Waals surface area contributed by atoms with Crippen molar-refractivity contribution < 1.29 is 9.32 Å². The normalized spacial score (nSPS) is 11.2. The first-order chi connectivity index (χ1) is 11.1. The van der Waals surface area contributed by atoms with Crippen LogP contribution in [0.1, 0.15) is 21.7 Å². The fraction of sp³-hybridized carbons (Fsp3) is 0.118. The summed E-state index contributed by atoms with van der Waals surface area (Å²) in [6.07, 6.45) is 1.49. The van der Waals surface area contributed by atoms with Crippen LogP contribution in [-0.4, -0.2) is 21.0 Å². The molecule has 23 heavy (non-hydrogen) atoms. The number of carbonyl (C=O) groups is 1. The Labute approximate surface area is 131 Å². The van der Waals surface area contributed by atoms with Gasteiger partial charge in [0.05, 0.1) is 16.6 Å². The number of aromatic amines is 1. The lowest BCUT2D eigenvalue weighted by Crippen LogP contribution is -2.12. The third kappa shape index (κ3) is 2.34. The number of H-pyrrole nitrogens is 1. The fourth-order valence-corrected chi connectivity index (χ4v) is 2.63. The van der Waals surface area contributed by atoms with Crippen molar-refractivity contribution in [1.29, 1.82) is 0 Å². The van der Waals surface area contributed by atoms with E-state index in [1.807, 2.05) is 38.1 Å². The molecule has 6 nitrogen and oxygen atoms in total. The van der Waals surface area contributed by atoms with Gasteiger partial charge in [-0.05, 0) is 44.2 Å². The smallest absolute Gasteiger partial charge is 0.257 e. The molecule has 0 saturated carbocycles. The molecule has 0 radical (unpaired) electrons. The summed E-state index contributed by atoms with van der Waals surface area (Å²) >= 11 is 0. The molecule has 1 amide bonds. The van der Waals surface area contributed by atoms with E-state index in [1.54, 1.807) is 6.07 Å². The highest BCUT2D eigenvalue weighted by Crippen LogP contribution is 2.21. The van der Waals surface area contributed by atoms with Crippen molar-refractivity contribution >= 4 is 33.6 Å². The van der Waals surface area contributed by atoms with Crippen molar-refractivity contribution in [2.45, 2.75) is 13.8 Å². The van der Waals surface area contributed by atoms with Crippen LogP contribution in [0.5, 0.6) is 0 Å².